The predicted molar refractivity (Wildman–Crippen MR) is 57.3 cm³/mol. The molecule has 2 heterocycles. The molecule has 5 nitrogen and oxygen atoms in total. The Bertz CT molecular complexity index is 459. The number of nitrogens with zero attached hydrogens (tertiary/aromatic N) is 4. The number of fused-ring (bicyclic) bond motifs is 1. The summed E-state index contributed by atoms with van der Waals surface area (Å²) in [5.74, 6) is -0.381. The molecule has 2 aromatic rings. The highest BCUT2D eigenvalue weighted by Crippen LogP contribution is 2.17. The Morgan fingerprint density at radius 1 is 1.50 bits per heavy atom. The fourth-order valence-electron chi connectivity index (χ4n) is 1.01. The van der Waals surface area contributed by atoms with Crippen molar-refractivity contribution < 1.29 is 4.39 Å². The summed E-state index contributed by atoms with van der Waals surface area (Å²) >= 11 is 1.35. The molecule has 0 aliphatic carbocycles. The zero-order valence-corrected chi connectivity index (χ0v) is 9.67. The van der Waals surface area contributed by atoms with Gasteiger partial charge in [-0.1, -0.05) is 11.8 Å². The molecule has 0 bridgehead atoms. The first-order valence-corrected chi connectivity index (χ1v) is 4.65. The monoisotopic (exact) mass is 279 g/mol. The summed E-state index contributed by atoms with van der Waals surface area (Å²) in [5, 5.41) is 7.72. The van der Waals surface area contributed by atoms with Crippen molar-refractivity contribution in [2.75, 3.05) is 12.0 Å². The molecule has 0 saturated heterocycles. The quantitative estimate of drug-likeness (QED) is 0.626. The van der Waals surface area contributed by atoms with E-state index in [-0.39, 0.29) is 28.6 Å². The zero-order chi connectivity index (χ0) is 9.42. The van der Waals surface area contributed by atoms with E-state index in [1.165, 1.54) is 16.2 Å². The van der Waals surface area contributed by atoms with Gasteiger partial charge in [0, 0.05) is 0 Å². The lowest BCUT2D eigenvalue weighted by molar-refractivity contribution is 0.613. The van der Waals surface area contributed by atoms with E-state index in [1.54, 1.807) is 0 Å². The third-order valence-electron chi connectivity index (χ3n) is 1.56. The molecule has 2 rings (SSSR count). The van der Waals surface area contributed by atoms with Gasteiger partial charge in [0.25, 0.3) is 0 Å². The van der Waals surface area contributed by atoms with Crippen molar-refractivity contribution in [3.8, 4) is 0 Å². The Labute approximate surface area is 93.7 Å². The van der Waals surface area contributed by atoms with Gasteiger partial charge < -0.3 is 5.73 Å². The van der Waals surface area contributed by atoms with E-state index in [1.807, 2.05) is 6.26 Å². The van der Waals surface area contributed by atoms with Gasteiger partial charge in [-0.25, -0.2) is 13.8 Å². The lowest BCUT2D eigenvalue weighted by Crippen LogP contribution is -2.00. The minimum Gasteiger partial charge on any atom is -0.368 e. The molecule has 0 atom stereocenters. The van der Waals surface area contributed by atoms with Gasteiger partial charge in [-0.15, -0.1) is 27.2 Å². The van der Waals surface area contributed by atoms with Gasteiger partial charge in [-0.2, -0.15) is 0 Å². The number of hydrogen-bond donors (Lipinski definition) is 1. The Balaban J connectivity index is 0.000000980. The van der Waals surface area contributed by atoms with E-state index in [4.69, 9.17) is 5.73 Å². The molecule has 2 N–H and O–H groups in total. The first-order valence-electron chi connectivity index (χ1n) is 3.43. The summed E-state index contributed by atoms with van der Waals surface area (Å²) in [6, 6.07) is 0. The van der Waals surface area contributed by atoms with Crippen LogP contribution in [0.3, 0.4) is 0 Å². The standard InChI is InChI=1S/C6H6FN5S.BrH/c1-13-6-9-2-3(7)4-10-11-5(8)12(4)6;/h2H,1H3,(H2,8,11);1H. The number of nitrogen functional groups attached to an aromatic ring is 1. The van der Waals surface area contributed by atoms with Crippen LogP contribution >= 0.6 is 28.7 Å². The summed E-state index contributed by atoms with van der Waals surface area (Å²) in [6.45, 7) is 0. The van der Waals surface area contributed by atoms with Crippen molar-refractivity contribution in [2.24, 2.45) is 0 Å². The van der Waals surface area contributed by atoms with E-state index < -0.39 is 5.82 Å². The van der Waals surface area contributed by atoms with Gasteiger partial charge in [0.2, 0.25) is 11.6 Å². The van der Waals surface area contributed by atoms with Crippen LogP contribution in [-0.4, -0.2) is 25.8 Å². The van der Waals surface area contributed by atoms with Crippen LogP contribution in [-0.2, 0) is 0 Å². The Hall–Kier alpha value is -0.890. The number of rotatable bonds is 1. The lowest BCUT2D eigenvalue weighted by Gasteiger charge is -2.00. The van der Waals surface area contributed by atoms with Gasteiger partial charge in [0.1, 0.15) is 0 Å². The number of hydrogen-bond acceptors (Lipinski definition) is 5. The fraction of sp³-hybridized carbons (Fsp3) is 0.167. The summed E-state index contributed by atoms with van der Waals surface area (Å²) in [5.41, 5.74) is 5.60. The second-order valence-corrected chi connectivity index (χ2v) is 3.08. The minimum absolute atomic E-state index is 0. The van der Waals surface area contributed by atoms with Crippen LogP contribution in [0, 0.1) is 5.82 Å². The summed E-state index contributed by atoms with van der Waals surface area (Å²) < 4.78 is 14.4. The highest BCUT2D eigenvalue weighted by molar-refractivity contribution is 8.93. The van der Waals surface area contributed by atoms with Gasteiger partial charge >= 0.3 is 0 Å². The molecule has 14 heavy (non-hydrogen) atoms. The maximum Gasteiger partial charge on any atom is 0.228 e. The molecule has 8 heteroatoms. The number of anilines is 1. The van der Waals surface area contributed by atoms with Crippen molar-refractivity contribution in [2.45, 2.75) is 5.16 Å². The average molecular weight is 280 g/mol. The van der Waals surface area contributed by atoms with Crippen LogP contribution < -0.4 is 5.73 Å². The van der Waals surface area contributed by atoms with Crippen molar-refractivity contribution >= 4 is 40.3 Å². The molecule has 0 fully saturated rings. The van der Waals surface area contributed by atoms with E-state index in [0.717, 1.165) is 6.20 Å². The second kappa shape index (κ2) is 4.09. The SMILES string of the molecule is Br.CSc1ncc(F)c2nnc(N)n12. The van der Waals surface area contributed by atoms with Gasteiger partial charge in [-0.05, 0) is 6.26 Å². The van der Waals surface area contributed by atoms with Crippen LogP contribution in [0.2, 0.25) is 0 Å². The number of halogens is 2. The third kappa shape index (κ3) is 1.55. The normalized spacial score (nSPS) is 10.1. The van der Waals surface area contributed by atoms with Crippen molar-refractivity contribution in [1.29, 1.82) is 0 Å². The Morgan fingerprint density at radius 3 is 2.86 bits per heavy atom. The van der Waals surface area contributed by atoms with E-state index in [9.17, 15) is 4.39 Å². The van der Waals surface area contributed by atoms with Crippen LogP contribution in [0.5, 0.6) is 0 Å². The Kier molecular flexibility index (Phi) is 3.27. The number of aromatic nitrogens is 4. The molecule has 0 saturated carbocycles. The van der Waals surface area contributed by atoms with Crippen molar-refractivity contribution in [3.05, 3.63) is 12.0 Å². The summed E-state index contributed by atoms with van der Waals surface area (Å²) in [6.07, 6.45) is 2.93. The summed E-state index contributed by atoms with van der Waals surface area (Å²) in [4.78, 5) is 3.85. The highest BCUT2D eigenvalue weighted by Gasteiger charge is 2.11. The van der Waals surface area contributed by atoms with Gasteiger partial charge in [-0.3, -0.25) is 0 Å². The van der Waals surface area contributed by atoms with Crippen molar-refractivity contribution in [3.63, 3.8) is 0 Å². The third-order valence-corrected chi connectivity index (χ3v) is 2.22. The topological polar surface area (TPSA) is 69.1 Å². The molecule has 0 spiro atoms. The van der Waals surface area contributed by atoms with Gasteiger partial charge in [0.05, 0.1) is 6.20 Å². The predicted octanol–water partition coefficient (Wildman–Crippen LogP) is 1.15. The molecule has 0 radical (unpaired) electrons. The first kappa shape index (κ1) is 11.2. The minimum atomic E-state index is -0.526. The molecular weight excluding hydrogens is 273 g/mol. The summed E-state index contributed by atoms with van der Waals surface area (Å²) in [7, 11) is 0. The molecule has 0 amide bonds. The largest absolute Gasteiger partial charge is 0.368 e. The van der Waals surface area contributed by atoms with Crippen LogP contribution in [0.15, 0.2) is 11.4 Å². The lowest BCUT2D eigenvalue weighted by atomic mass is 10.6. The molecule has 0 aliphatic rings. The zero-order valence-electron chi connectivity index (χ0n) is 7.14. The van der Waals surface area contributed by atoms with E-state index >= 15 is 0 Å². The highest BCUT2D eigenvalue weighted by atomic mass is 79.9. The smallest absolute Gasteiger partial charge is 0.228 e. The Morgan fingerprint density at radius 2 is 2.21 bits per heavy atom. The second-order valence-electron chi connectivity index (χ2n) is 2.31. The van der Waals surface area contributed by atoms with Gasteiger partial charge in [0.15, 0.2) is 11.0 Å². The van der Waals surface area contributed by atoms with Crippen molar-refractivity contribution in [1.82, 2.24) is 19.6 Å². The molecule has 0 unspecified atom stereocenters. The fourth-order valence-corrected chi connectivity index (χ4v) is 1.53. The van der Waals surface area contributed by atoms with E-state index in [0.29, 0.717) is 5.16 Å². The molecular formula is C6H7BrFN5S. The number of thioether (sulfide) groups is 1. The molecule has 76 valence electrons. The van der Waals surface area contributed by atoms with Crippen LogP contribution in [0.4, 0.5) is 10.3 Å². The van der Waals surface area contributed by atoms with Crippen LogP contribution in [0.1, 0.15) is 0 Å². The molecule has 0 aliphatic heterocycles. The van der Waals surface area contributed by atoms with E-state index in [2.05, 4.69) is 15.2 Å². The molecule has 2 aromatic heterocycles. The van der Waals surface area contributed by atoms with Crippen LogP contribution in [0.25, 0.3) is 5.65 Å². The first-order chi connectivity index (χ1) is 6.24. The maximum absolute atomic E-state index is 13.1. The number of nitrogens with two attached hydrogens (primary N) is 1. The maximum atomic E-state index is 13.1. The molecule has 0 aromatic carbocycles. The average Bonchev–Trinajstić information content (AvgIpc) is 2.51.